The van der Waals surface area contributed by atoms with Crippen LogP contribution in [-0.4, -0.2) is 10.2 Å². The van der Waals surface area contributed by atoms with Gasteiger partial charge in [-0.2, -0.15) is 5.10 Å². The summed E-state index contributed by atoms with van der Waals surface area (Å²) >= 11 is 0. The van der Waals surface area contributed by atoms with E-state index in [2.05, 4.69) is 17.1 Å². The van der Waals surface area contributed by atoms with Crippen molar-refractivity contribution in [3.8, 4) is 0 Å². The number of aromatic nitrogens is 2. The predicted molar refractivity (Wildman–Crippen MR) is 61.5 cm³/mol. The van der Waals surface area contributed by atoms with Gasteiger partial charge in [-0.1, -0.05) is 13.0 Å². The van der Waals surface area contributed by atoms with Crippen molar-refractivity contribution in [2.75, 3.05) is 0 Å². The van der Waals surface area contributed by atoms with Crippen molar-refractivity contribution >= 4 is 21.9 Å². The average Bonchev–Trinajstić information content (AvgIpc) is 2.68. The highest BCUT2D eigenvalue weighted by Crippen LogP contribution is 2.26. The van der Waals surface area contributed by atoms with Gasteiger partial charge in [-0.25, -0.2) is 5.10 Å². The van der Waals surface area contributed by atoms with Gasteiger partial charge in [0.05, 0.1) is 11.6 Å². The summed E-state index contributed by atoms with van der Waals surface area (Å²) in [4.78, 5) is 11.5. The second-order valence-corrected chi connectivity index (χ2v) is 3.73. The zero-order valence-corrected chi connectivity index (χ0v) is 8.78. The van der Waals surface area contributed by atoms with E-state index in [1.54, 1.807) is 6.20 Å². The number of aromatic amines is 1. The molecule has 0 aliphatic rings. The number of fused-ring (bicyclic) bond motifs is 3. The molecule has 0 aliphatic carbocycles. The Morgan fingerprint density at radius 1 is 1.38 bits per heavy atom. The molecule has 1 N–H and O–H groups in total. The molecule has 0 bridgehead atoms. The van der Waals surface area contributed by atoms with Gasteiger partial charge < -0.3 is 4.42 Å². The van der Waals surface area contributed by atoms with Gasteiger partial charge in [0, 0.05) is 5.39 Å². The lowest BCUT2D eigenvalue weighted by atomic mass is 10.1. The molecule has 2 aromatic heterocycles. The van der Waals surface area contributed by atoms with E-state index in [-0.39, 0.29) is 5.56 Å². The van der Waals surface area contributed by atoms with Crippen LogP contribution in [0.2, 0.25) is 0 Å². The molecule has 0 saturated carbocycles. The average molecular weight is 214 g/mol. The van der Waals surface area contributed by atoms with Gasteiger partial charge in [-0.15, -0.1) is 0 Å². The SMILES string of the molecule is CCc1ccc2oc3c(=O)[nH]ncc3c2c1. The maximum atomic E-state index is 11.5. The van der Waals surface area contributed by atoms with Crippen LogP contribution in [0.3, 0.4) is 0 Å². The Bertz CT molecular complexity index is 725. The minimum absolute atomic E-state index is 0.285. The minimum atomic E-state index is -0.285. The third-order valence-electron chi connectivity index (χ3n) is 2.77. The molecule has 1 aromatic carbocycles. The summed E-state index contributed by atoms with van der Waals surface area (Å²) < 4.78 is 5.50. The number of hydrogen-bond acceptors (Lipinski definition) is 3. The molecule has 16 heavy (non-hydrogen) atoms. The van der Waals surface area contributed by atoms with Crippen LogP contribution in [0.15, 0.2) is 33.6 Å². The number of furan rings is 1. The fourth-order valence-electron chi connectivity index (χ4n) is 1.89. The Morgan fingerprint density at radius 2 is 2.25 bits per heavy atom. The maximum Gasteiger partial charge on any atom is 0.307 e. The van der Waals surface area contributed by atoms with Crippen molar-refractivity contribution in [3.05, 3.63) is 40.3 Å². The Labute approximate surface area is 90.9 Å². The first kappa shape index (κ1) is 9.15. The van der Waals surface area contributed by atoms with Crippen LogP contribution in [0, 0.1) is 0 Å². The van der Waals surface area contributed by atoms with Crippen LogP contribution < -0.4 is 5.56 Å². The monoisotopic (exact) mass is 214 g/mol. The summed E-state index contributed by atoms with van der Waals surface area (Å²) in [5.41, 5.74) is 2.01. The normalized spacial score (nSPS) is 11.3. The van der Waals surface area contributed by atoms with Crippen molar-refractivity contribution in [2.45, 2.75) is 13.3 Å². The Morgan fingerprint density at radius 3 is 3.06 bits per heavy atom. The first-order valence-corrected chi connectivity index (χ1v) is 5.18. The summed E-state index contributed by atoms with van der Waals surface area (Å²) in [5, 5.41) is 7.88. The molecule has 3 aromatic rings. The van der Waals surface area contributed by atoms with Crippen LogP contribution in [0.5, 0.6) is 0 Å². The number of aryl methyl sites for hydroxylation is 1. The van der Waals surface area contributed by atoms with Crippen molar-refractivity contribution in [3.63, 3.8) is 0 Å². The molecule has 0 spiro atoms. The molecule has 0 atom stereocenters. The number of benzene rings is 1. The van der Waals surface area contributed by atoms with E-state index in [1.165, 1.54) is 5.56 Å². The van der Waals surface area contributed by atoms with E-state index in [0.29, 0.717) is 5.58 Å². The van der Waals surface area contributed by atoms with Crippen LogP contribution in [0.25, 0.3) is 21.9 Å². The highest BCUT2D eigenvalue weighted by Gasteiger charge is 2.09. The van der Waals surface area contributed by atoms with Crippen molar-refractivity contribution in [2.24, 2.45) is 0 Å². The molecule has 0 radical (unpaired) electrons. The third kappa shape index (κ3) is 1.16. The molecule has 4 heteroatoms. The van der Waals surface area contributed by atoms with E-state index in [1.807, 2.05) is 18.2 Å². The fourth-order valence-corrected chi connectivity index (χ4v) is 1.89. The van der Waals surface area contributed by atoms with Crippen molar-refractivity contribution in [1.29, 1.82) is 0 Å². The lowest BCUT2D eigenvalue weighted by Gasteiger charge is -1.94. The van der Waals surface area contributed by atoms with Crippen LogP contribution in [0.4, 0.5) is 0 Å². The van der Waals surface area contributed by atoms with Gasteiger partial charge in [-0.05, 0) is 24.1 Å². The summed E-state index contributed by atoms with van der Waals surface area (Å²) in [6.07, 6.45) is 2.58. The van der Waals surface area contributed by atoms with E-state index >= 15 is 0 Å². The molecule has 4 nitrogen and oxygen atoms in total. The Hall–Kier alpha value is -2.10. The van der Waals surface area contributed by atoms with Gasteiger partial charge >= 0.3 is 5.56 Å². The lowest BCUT2D eigenvalue weighted by Crippen LogP contribution is -2.05. The van der Waals surface area contributed by atoms with Crippen molar-refractivity contribution < 1.29 is 4.42 Å². The van der Waals surface area contributed by atoms with E-state index in [4.69, 9.17) is 4.42 Å². The van der Waals surface area contributed by atoms with E-state index in [0.717, 1.165) is 22.8 Å². The standard InChI is InChI=1S/C12H10N2O2/c1-2-7-3-4-10-8(5-7)9-6-13-14-12(15)11(9)16-10/h3-6H,2H2,1H3,(H,14,15). The molecule has 0 aliphatic heterocycles. The summed E-state index contributed by atoms with van der Waals surface area (Å²) in [5.74, 6) is 0. The smallest absolute Gasteiger partial charge is 0.307 e. The van der Waals surface area contributed by atoms with Gasteiger partial charge in [-0.3, -0.25) is 4.79 Å². The summed E-state index contributed by atoms with van der Waals surface area (Å²) in [6, 6.07) is 5.95. The minimum Gasteiger partial charge on any atom is -0.450 e. The zero-order chi connectivity index (χ0) is 11.1. The highest BCUT2D eigenvalue weighted by atomic mass is 16.3. The van der Waals surface area contributed by atoms with Gasteiger partial charge in [0.25, 0.3) is 0 Å². The predicted octanol–water partition coefficient (Wildman–Crippen LogP) is 2.23. The zero-order valence-electron chi connectivity index (χ0n) is 8.78. The van der Waals surface area contributed by atoms with E-state index < -0.39 is 0 Å². The second kappa shape index (κ2) is 3.20. The van der Waals surface area contributed by atoms with Crippen molar-refractivity contribution in [1.82, 2.24) is 10.2 Å². The molecule has 2 heterocycles. The molecular formula is C12H10N2O2. The number of nitrogens with zero attached hydrogens (tertiary/aromatic N) is 1. The molecule has 3 rings (SSSR count). The van der Waals surface area contributed by atoms with Crippen LogP contribution in [-0.2, 0) is 6.42 Å². The number of nitrogens with one attached hydrogen (secondary N) is 1. The molecule has 0 fully saturated rings. The highest BCUT2D eigenvalue weighted by molar-refractivity contribution is 6.04. The number of H-pyrrole nitrogens is 1. The fraction of sp³-hybridized carbons (Fsp3) is 0.167. The molecular weight excluding hydrogens is 204 g/mol. The molecule has 0 amide bonds. The molecule has 80 valence electrons. The number of rotatable bonds is 1. The first-order valence-electron chi connectivity index (χ1n) is 5.18. The third-order valence-corrected chi connectivity index (χ3v) is 2.77. The Kier molecular flexibility index (Phi) is 1.83. The summed E-state index contributed by atoms with van der Waals surface area (Å²) in [6.45, 7) is 2.09. The van der Waals surface area contributed by atoms with Gasteiger partial charge in [0.1, 0.15) is 5.58 Å². The van der Waals surface area contributed by atoms with Gasteiger partial charge in [0.2, 0.25) is 5.58 Å². The second-order valence-electron chi connectivity index (χ2n) is 3.73. The summed E-state index contributed by atoms with van der Waals surface area (Å²) in [7, 11) is 0. The Balaban J connectivity index is 2.52. The quantitative estimate of drug-likeness (QED) is 0.675. The lowest BCUT2D eigenvalue weighted by molar-refractivity contribution is 0.659. The van der Waals surface area contributed by atoms with Gasteiger partial charge in [0.15, 0.2) is 0 Å². The molecule has 0 unspecified atom stereocenters. The largest absolute Gasteiger partial charge is 0.450 e. The molecule has 0 saturated heterocycles. The van der Waals surface area contributed by atoms with Crippen LogP contribution >= 0.6 is 0 Å². The van der Waals surface area contributed by atoms with E-state index in [9.17, 15) is 4.79 Å². The first-order chi connectivity index (χ1) is 7.79. The maximum absolute atomic E-state index is 11.5. The van der Waals surface area contributed by atoms with Crippen LogP contribution in [0.1, 0.15) is 12.5 Å². The topological polar surface area (TPSA) is 58.9 Å². The number of hydrogen-bond donors (Lipinski definition) is 1.